The Morgan fingerprint density at radius 3 is 2.77 bits per heavy atom. The number of aliphatic hydroxyl groups excluding tert-OH is 1. The number of nitrogens with zero attached hydrogens (tertiary/aromatic N) is 1. The fourth-order valence-corrected chi connectivity index (χ4v) is 0.648. The van der Waals surface area contributed by atoms with Gasteiger partial charge in [0.15, 0.2) is 6.29 Å². The molecule has 1 atom stereocenters. The first-order chi connectivity index (χ1) is 6.09. The van der Waals surface area contributed by atoms with Crippen molar-refractivity contribution < 1.29 is 14.6 Å². The van der Waals surface area contributed by atoms with Crippen molar-refractivity contribution in [2.45, 2.75) is 20.1 Å². The third-order valence-electron chi connectivity index (χ3n) is 1.60. The summed E-state index contributed by atoms with van der Waals surface area (Å²) in [5.41, 5.74) is 0.620. The average molecular weight is 185 g/mol. The molecule has 0 aromatic carbocycles. The summed E-state index contributed by atoms with van der Waals surface area (Å²) in [5, 5.41) is 9.33. The summed E-state index contributed by atoms with van der Waals surface area (Å²) in [6, 6.07) is 0. The first kappa shape index (κ1) is 12.0. The molecular formula is C9H15NO3. The molecule has 13 heavy (non-hydrogen) atoms. The second-order valence-corrected chi connectivity index (χ2v) is 2.93. The van der Waals surface area contributed by atoms with E-state index >= 15 is 0 Å². The second-order valence-electron chi connectivity index (χ2n) is 2.93. The Balaban J connectivity index is 3.67. The van der Waals surface area contributed by atoms with E-state index in [1.807, 2.05) is 13.8 Å². The van der Waals surface area contributed by atoms with Gasteiger partial charge in [-0.3, -0.25) is 0 Å². The molecule has 0 aliphatic rings. The van der Waals surface area contributed by atoms with Crippen LogP contribution in [0.1, 0.15) is 13.8 Å². The number of hydrogen-bond donors (Lipinski definition) is 1. The highest BCUT2D eigenvalue weighted by molar-refractivity contribution is 5.32. The van der Waals surface area contributed by atoms with Crippen LogP contribution in [0.4, 0.5) is 0 Å². The molecule has 0 aromatic rings. The number of isocyanates is 1. The Labute approximate surface area is 77.9 Å². The number of hydrogen-bond acceptors (Lipinski definition) is 4. The molecule has 74 valence electrons. The molecular weight excluding hydrogens is 170 g/mol. The maximum Gasteiger partial charge on any atom is 0.235 e. The minimum atomic E-state index is -0.971. The van der Waals surface area contributed by atoms with Gasteiger partial charge in [-0.05, 0) is 11.5 Å². The molecule has 0 spiro atoms. The van der Waals surface area contributed by atoms with Gasteiger partial charge in [-0.1, -0.05) is 20.4 Å². The fourth-order valence-electron chi connectivity index (χ4n) is 0.648. The number of aliphatic imine (C=N–C) groups is 1. The summed E-state index contributed by atoms with van der Waals surface area (Å²) in [6.07, 6.45) is 0.414. The van der Waals surface area contributed by atoms with Crippen LogP contribution in [0, 0.1) is 5.92 Å². The van der Waals surface area contributed by atoms with Gasteiger partial charge in [-0.25, -0.2) is 9.79 Å². The highest BCUT2D eigenvalue weighted by Gasteiger charge is 2.11. The van der Waals surface area contributed by atoms with Gasteiger partial charge in [0.05, 0.1) is 13.2 Å². The predicted molar refractivity (Wildman–Crippen MR) is 48.9 cm³/mol. The second kappa shape index (κ2) is 6.54. The van der Waals surface area contributed by atoms with Crippen molar-refractivity contribution in [2.75, 3.05) is 13.2 Å². The molecule has 0 bridgehead atoms. The molecule has 4 heteroatoms. The van der Waals surface area contributed by atoms with Gasteiger partial charge >= 0.3 is 0 Å². The maximum absolute atomic E-state index is 9.66. The summed E-state index contributed by atoms with van der Waals surface area (Å²) >= 11 is 0. The molecule has 0 heterocycles. The molecule has 0 saturated heterocycles. The molecule has 0 amide bonds. The van der Waals surface area contributed by atoms with Gasteiger partial charge in [0.2, 0.25) is 6.08 Å². The van der Waals surface area contributed by atoms with Crippen LogP contribution in [0.15, 0.2) is 17.1 Å². The first-order valence-corrected chi connectivity index (χ1v) is 4.11. The minimum absolute atomic E-state index is 0.171. The number of carbonyl (C=O) groups excluding carboxylic acids is 1. The van der Waals surface area contributed by atoms with Gasteiger partial charge in [-0.15, -0.1) is 0 Å². The van der Waals surface area contributed by atoms with Crippen molar-refractivity contribution in [2.24, 2.45) is 10.9 Å². The topological polar surface area (TPSA) is 58.9 Å². The number of ether oxygens (including phenoxy) is 1. The lowest BCUT2D eigenvalue weighted by atomic mass is 10.1. The van der Waals surface area contributed by atoms with E-state index in [0.29, 0.717) is 5.57 Å². The Kier molecular flexibility index (Phi) is 6.06. The summed E-state index contributed by atoms with van der Waals surface area (Å²) in [7, 11) is 0. The van der Waals surface area contributed by atoms with E-state index in [-0.39, 0.29) is 19.1 Å². The maximum atomic E-state index is 9.66. The zero-order valence-electron chi connectivity index (χ0n) is 7.99. The first-order valence-electron chi connectivity index (χ1n) is 4.11. The van der Waals surface area contributed by atoms with Crippen LogP contribution in [-0.2, 0) is 9.53 Å². The molecule has 1 N–H and O–H groups in total. The van der Waals surface area contributed by atoms with Gasteiger partial charge in [0.25, 0.3) is 0 Å². The molecule has 0 radical (unpaired) electrons. The smallest absolute Gasteiger partial charge is 0.235 e. The SMILES string of the molecule is C=C(C(C)C)C(O)OCCN=C=O. The molecule has 4 nitrogen and oxygen atoms in total. The monoisotopic (exact) mass is 185 g/mol. The fraction of sp³-hybridized carbons (Fsp3) is 0.667. The summed E-state index contributed by atoms with van der Waals surface area (Å²) in [5.74, 6) is 0.171. The zero-order valence-corrected chi connectivity index (χ0v) is 7.99. The highest BCUT2D eigenvalue weighted by atomic mass is 16.6. The Morgan fingerprint density at radius 2 is 2.31 bits per heavy atom. The largest absolute Gasteiger partial charge is 0.364 e. The van der Waals surface area contributed by atoms with Crippen molar-refractivity contribution in [3.8, 4) is 0 Å². The van der Waals surface area contributed by atoms with Crippen LogP contribution in [0.5, 0.6) is 0 Å². The predicted octanol–water partition coefficient (Wildman–Crippen LogP) is 0.869. The Bertz CT molecular complexity index is 207. The van der Waals surface area contributed by atoms with Crippen LogP contribution in [0.25, 0.3) is 0 Å². The van der Waals surface area contributed by atoms with Crippen LogP contribution >= 0.6 is 0 Å². The molecule has 0 fully saturated rings. The van der Waals surface area contributed by atoms with E-state index in [1.54, 1.807) is 0 Å². The zero-order chi connectivity index (χ0) is 10.3. The number of aliphatic hydroxyl groups is 1. The standard InChI is InChI=1S/C9H15NO3/c1-7(2)8(3)9(12)13-5-4-10-6-11/h7,9,12H,3-5H2,1-2H3. The van der Waals surface area contributed by atoms with E-state index in [1.165, 1.54) is 6.08 Å². The summed E-state index contributed by atoms with van der Waals surface area (Å²) in [6.45, 7) is 7.91. The molecule has 0 rings (SSSR count). The third kappa shape index (κ3) is 5.31. The molecule has 0 aromatic heterocycles. The third-order valence-corrected chi connectivity index (χ3v) is 1.60. The van der Waals surface area contributed by atoms with Crippen LogP contribution < -0.4 is 0 Å². The van der Waals surface area contributed by atoms with Gasteiger partial charge < -0.3 is 9.84 Å². The van der Waals surface area contributed by atoms with Crippen molar-refractivity contribution in [3.63, 3.8) is 0 Å². The highest BCUT2D eigenvalue weighted by Crippen LogP contribution is 2.12. The van der Waals surface area contributed by atoms with Crippen LogP contribution in [0.3, 0.4) is 0 Å². The van der Waals surface area contributed by atoms with E-state index in [4.69, 9.17) is 4.74 Å². The van der Waals surface area contributed by atoms with Crippen molar-refractivity contribution >= 4 is 6.08 Å². The summed E-state index contributed by atoms with van der Waals surface area (Å²) < 4.78 is 4.95. The molecule has 0 aliphatic heterocycles. The average Bonchev–Trinajstić information content (AvgIpc) is 2.10. The number of rotatable bonds is 6. The molecule has 0 saturated carbocycles. The van der Waals surface area contributed by atoms with E-state index < -0.39 is 6.29 Å². The normalized spacial score (nSPS) is 12.3. The van der Waals surface area contributed by atoms with Crippen molar-refractivity contribution in [1.82, 2.24) is 0 Å². The van der Waals surface area contributed by atoms with E-state index in [9.17, 15) is 9.90 Å². The van der Waals surface area contributed by atoms with E-state index in [2.05, 4.69) is 11.6 Å². The Hall–Kier alpha value is -0.960. The molecule has 0 aliphatic carbocycles. The minimum Gasteiger partial charge on any atom is -0.364 e. The van der Waals surface area contributed by atoms with Crippen molar-refractivity contribution in [3.05, 3.63) is 12.2 Å². The quantitative estimate of drug-likeness (QED) is 0.219. The van der Waals surface area contributed by atoms with Crippen LogP contribution in [-0.4, -0.2) is 30.6 Å². The van der Waals surface area contributed by atoms with Crippen LogP contribution in [0.2, 0.25) is 0 Å². The van der Waals surface area contributed by atoms with Gasteiger partial charge in [0, 0.05) is 0 Å². The molecule has 1 unspecified atom stereocenters. The van der Waals surface area contributed by atoms with Gasteiger partial charge in [0.1, 0.15) is 0 Å². The summed E-state index contributed by atoms with van der Waals surface area (Å²) in [4.78, 5) is 12.9. The van der Waals surface area contributed by atoms with E-state index in [0.717, 1.165) is 0 Å². The van der Waals surface area contributed by atoms with Crippen molar-refractivity contribution in [1.29, 1.82) is 0 Å². The lowest BCUT2D eigenvalue weighted by molar-refractivity contribution is -0.0731. The lowest BCUT2D eigenvalue weighted by Crippen LogP contribution is -2.19. The van der Waals surface area contributed by atoms with Gasteiger partial charge in [-0.2, -0.15) is 0 Å². The lowest BCUT2D eigenvalue weighted by Gasteiger charge is -2.16. The Morgan fingerprint density at radius 1 is 1.69 bits per heavy atom.